The number of anilines is 1. The van der Waals surface area contributed by atoms with Crippen LogP contribution in [-0.4, -0.2) is 50.6 Å². The molecule has 4 heterocycles. The van der Waals surface area contributed by atoms with Gasteiger partial charge in [-0.25, -0.2) is 14.8 Å². The molecular weight excluding hydrogens is 572 g/mol. The Kier molecular flexibility index (Phi) is 6.35. The first kappa shape index (κ1) is 26.6. The molecule has 1 atom stereocenters. The molecule has 0 radical (unpaired) electrons. The SMILES string of the molecule is CC(C)(NC(=O)Nc1ccc2c(c1)C(=O)N(C1CCC(=O)NC1=O)C2=O)c1nc2c(-c3cnco3)cc(Cl)cc2s1. The van der Waals surface area contributed by atoms with Crippen LogP contribution in [0.3, 0.4) is 0 Å². The molecule has 2 aromatic heterocycles. The van der Waals surface area contributed by atoms with E-state index in [9.17, 15) is 24.0 Å². The number of thiazole rings is 1. The number of halogens is 1. The number of hydrogen-bond acceptors (Lipinski definition) is 9. The lowest BCUT2D eigenvalue weighted by atomic mass is 10.0. The van der Waals surface area contributed by atoms with E-state index in [1.54, 1.807) is 32.2 Å². The molecule has 2 aliphatic rings. The summed E-state index contributed by atoms with van der Waals surface area (Å²) in [6, 6.07) is 6.18. The van der Waals surface area contributed by atoms with Crippen LogP contribution >= 0.6 is 22.9 Å². The van der Waals surface area contributed by atoms with Gasteiger partial charge in [-0.2, -0.15) is 0 Å². The number of oxazole rings is 1. The van der Waals surface area contributed by atoms with Gasteiger partial charge >= 0.3 is 6.03 Å². The fourth-order valence-corrected chi connectivity index (χ4v) is 6.22. The van der Waals surface area contributed by atoms with E-state index in [1.165, 1.54) is 35.9 Å². The van der Waals surface area contributed by atoms with Crippen LogP contribution in [-0.2, 0) is 15.1 Å². The quantitative estimate of drug-likeness (QED) is 0.292. The third kappa shape index (κ3) is 4.72. The van der Waals surface area contributed by atoms with Crippen molar-refractivity contribution in [3.05, 3.63) is 64.1 Å². The first-order valence-electron chi connectivity index (χ1n) is 12.5. The lowest BCUT2D eigenvalue weighted by molar-refractivity contribution is -0.136. The van der Waals surface area contributed by atoms with E-state index in [0.29, 0.717) is 26.9 Å². The van der Waals surface area contributed by atoms with Gasteiger partial charge in [-0.1, -0.05) is 11.6 Å². The van der Waals surface area contributed by atoms with Gasteiger partial charge in [-0.05, 0) is 50.6 Å². The molecule has 0 aliphatic carbocycles. The topological polar surface area (TPSA) is 164 Å². The van der Waals surface area contributed by atoms with E-state index < -0.39 is 41.2 Å². The molecule has 3 N–H and O–H groups in total. The number of piperidine rings is 1. The second-order valence-electron chi connectivity index (χ2n) is 10.1. The Hall–Kier alpha value is -4.62. The molecule has 14 heteroatoms. The molecule has 2 aliphatic heterocycles. The summed E-state index contributed by atoms with van der Waals surface area (Å²) in [6.07, 6.45) is 2.96. The minimum Gasteiger partial charge on any atom is -0.443 e. The van der Waals surface area contributed by atoms with Crippen LogP contribution in [0, 0.1) is 0 Å². The molecule has 4 aromatic rings. The highest BCUT2D eigenvalue weighted by molar-refractivity contribution is 7.18. The predicted molar refractivity (Wildman–Crippen MR) is 148 cm³/mol. The number of carbonyl (C=O) groups is 5. The van der Waals surface area contributed by atoms with Crippen molar-refractivity contribution in [3.8, 4) is 11.3 Å². The van der Waals surface area contributed by atoms with Crippen LogP contribution in [0.15, 0.2) is 47.3 Å². The van der Waals surface area contributed by atoms with Crippen molar-refractivity contribution in [2.45, 2.75) is 38.3 Å². The zero-order chi connectivity index (χ0) is 29.1. The lowest BCUT2D eigenvalue weighted by Gasteiger charge is -2.27. The van der Waals surface area contributed by atoms with Crippen molar-refractivity contribution < 1.29 is 28.4 Å². The number of fused-ring (bicyclic) bond motifs is 2. The monoisotopic (exact) mass is 592 g/mol. The first-order valence-corrected chi connectivity index (χ1v) is 13.7. The highest BCUT2D eigenvalue weighted by Crippen LogP contribution is 2.38. The molecule has 1 saturated heterocycles. The minimum absolute atomic E-state index is 0.0235. The number of benzene rings is 2. The molecular formula is C27H21ClN6O6S. The fourth-order valence-electron chi connectivity index (χ4n) is 4.85. The molecule has 0 saturated carbocycles. The number of amides is 6. The highest BCUT2D eigenvalue weighted by atomic mass is 35.5. The van der Waals surface area contributed by atoms with E-state index in [0.717, 1.165) is 9.60 Å². The molecule has 208 valence electrons. The van der Waals surface area contributed by atoms with Crippen LogP contribution in [0.2, 0.25) is 5.02 Å². The van der Waals surface area contributed by atoms with Crippen LogP contribution in [0.4, 0.5) is 10.5 Å². The van der Waals surface area contributed by atoms with Gasteiger partial charge in [0.1, 0.15) is 11.0 Å². The summed E-state index contributed by atoms with van der Waals surface area (Å²) in [5, 5.41) is 8.86. The van der Waals surface area contributed by atoms with Gasteiger partial charge < -0.3 is 15.1 Å². The largest absolute Gasteiger partial charge is 0.443 e. The molecule has 2 aromatic carbocycles. The van der Waals surface area contributed by atoms with Gasteiger partial charge in [-0.15, -0.1) is 11.3 Å². The third-order valence-electron chi connectivity index (χ3n) is 6.82. The van der Waals surface area contributed by atoms with Crippen molar-refractivity contribution >= 4 is 68.5 Å². The predicted octanol–water partition coefficient (Wildman–Crippen LogP) is 4.06. The maximum absolute atomic E-state index is 13.1. The molecule has 6 amide bonds. The third-order valence-corrected chi connectivity index (χ3v) is 8.36. The molecule has 1 unspecified atom stereocenters. The molecule has 1 fully saturated rings. The van der Waals surface area contributed by atoms with Crippen LogP contribution < -0.4 is 16.0 Å². The van der Waals surface area contributed by atoms with Gasteiger partial charge in [-0.3, -0.25) is 29.4 Å². The van der Waals surface area contributed by atoms with Crippen molar-refractivity contribution in [2.75, 3.05) is 5.32 Å². The van der Waals surface area contributed by atoms with E-state index in [2.05, 4.69) is 20.9 Å². The molecule has 0 bridgehead atoms. The molecule has 12 nitrogen and oxygen atoms in total. The van der Waals surface area contributed by atoms with Crippen molar-refractivity contribution in [1.29, 1.82) is 0 Å². The Balaban J connectivity index is 1.20. The van der Waals surface area contributed by atoms with Gasteiger partial charge in [0.15, 0.2) is 12.2 Å². The zero-order valence-corrected chi connectivity index (χ0v) is 23.2. The minimum atomic E-state index is -1.08. The van der Waals surface area contributed by atoms with Crippen molar-refractivity contribution in [2.24, 2.45) is 0 Å². The van der Waals surface area contributed by atoms with Crippen LogP contribution in [0.1, 0.15) is 52.4 Å². The van der Waals surface area contributed by atoms with E-state index >= 15 is 0 Å². The average molecular weight is 593 g/mol. The van der Waals surface area contributed by atoms with Crippen molar-refractivity contribution in [3.63, 3.8) is 0 Å². The van der Waals surface area contributed by atoms with E-state index in [-0.39, 0.29) is 29.7 Å². The van der Waals surface area contributed by atoms with Gasteiger partial charge in [0, 0.05) is 22.7 Å². The number of nitrogens with one attached hydrogen (secondary N) is 3. The average Bonchev–Trinajstić information content (AvgIpc) is 3.64. The Labute approximate surface area is 241 Å². The standard InChI is InChI=1S/C27H21ClN6O6S/c1-27(2,25-32-21-16(18-10-29-11-40-18)7-12(28)8-19(21)41-25)33-26(39)30-13-3-4-14-15(9-13)24(38)34(23(14)37)17-5-6-20(35)31-22(17)36/h3-4,7-11,17H,5-6H2,1-2H3,(H2,30,33,39)(H,31,35,36). The summed E-state index contributed by atoms with van der Waals surface area (Å²) in [5.41, 5.74) is 0.859. The lowest BCUT2D eigenvalue weighted by Crippen LogP contribution is -2.54. The van der Waals surface area contributed by atoms with Crippen LogP contribution in [0.25, 0.3) is 21.5 Å². The maximum Gasteiger partial charge on any atom is 0.319 e. The Morgan fingerprint density at radius 3 is 2.63 bits per heavy atom. The number of hydrogen-bond donors (Lipinski definition) is 3. The number of rotatable bonds is 5. The fraction of sp³-hybridized carbons (Fsp3) is 0.222. The van der Waals surface area contributed by atoms with Gasteiger partial charge in [0.2, 0.25) is 11.8 Å². The van der Waals surface area contributed by atoms with Gasteiger partial charge in [0.25, 0.3) is 11.8 Å². The molecule has 6 rings (SSSR count). The maximum atomic E-state index is 13.1. The Bertz CT molecular complexity index is 1780. The summed E-state index contributed by atoms with van der Waals surface area (Å²) in [5.74, 6) is -1.93. The summed E-state index contributed by atoms with van der Waals surface area (Å²) in [7, 11) is 0. The second-order valence-corrected chi connectivity index (χ2v) is 11.6. The number of urea groups is 1. The smallest absolute Gasteiger partial charge is 0.319 e. The Morgan fingerprint density at radius 1 is 1.12 bits per heavy atom. The number of carbonyl (C=O) groups excluding carboxylic acids is 5. The normalized spacial score (nSPS) is 17.1. The zero-order valence-electron chi connectivity index (χ0n) is 21.6. The van der Waals surface area contributed by atoms with Gasteiger partial charge in [0.05, 0.1) is 33.1 Å². The van der Waals surface area contributed by atoms with Crippen LogP contribution in [0.5, 0.6) is 0 Å². The Morgan fingerprint density at radius 2 is 1.90 bits per heavy atom. The van der Waals surface area contributed by atoms with Crippen molar-refractivity contribution in [1.82, 2.24) is 25.5 Å². The molecule has 0 spiro atoms. The molecule has 41 heavy (non-hydrogen) atoms. The summed E-state index contributed by atoms with van der Waals surface area (Å²) < 4.78 is 6.24. The summed E-state index contributed by atoms with van der Waals surface area (Å²) in [4.78, 5) is 72.4. The number of imide groups is 2. The number of aromatic nitrogens is 2. The number of nitrogens with zero attached hydrogens (tertiary/aromatic N) is 3. The first-order chi connectivity index (χ1) is 19.5. The van der Waals surface area contributed by atoms with E-state index in [1.807, 2.05) is 0 Å². The summed E-state index contributed by atoms with van der Waals surface area (Å²) in [6.45, 7) is 3.59. The second kappa shape index (κ2) is 9.78. The summed E-state index contributed by atoms with van der Waals surface area (Å²) >= 11 is 7.69. The van der Waals surface area contributed by atoms with E-state index in [4.69, 9.17) is 21.0 Å². The highest BCUT2D eigenvalue weighted by Gasteiger charge is 2.44.